The molecular weight excluding hydrogens is 276 g/mol. The minimum Gasteiger partial charge on any atom is -0.484 e. The largest absolute Gasteiger partial charge is 0.484 e. The predicted octanol–water partition coefficient (Wildman–Crippen LogP) is 3.72. The van der Waals surface area contributed by atoms with E-state index in [0.717, 1.165) is 5.56 Å². The highest BCUT2D eigenvalue weighted by atomic mass is 35.5. The summed E-state index contributed by atoms with van der Waals surface area (Å²) >= 11 is 5.97. The number of aryl methyl sites for hydroxylation is 1. The molecule has 0 aliphatic carbocycles. The summed E-state index contributed by atoms with van der Waals surface area (Å²) in [5.41, 5.74) is 2.09. The zero-order chi connectivity index (χ0) is 14.5. The van der Waals surface area contributed by atoms with Crippen molar-refractivity contribution in [1.29, 1.82) is 0 Å². The number of aldehydes is 1. The molecule has 0 N–H and O–H groups in total. The molecule has 20 heavy (non-hydrogen) atoms. The molecule has 0 aromatic heterocycles. The van der Waals surface area contributed by atoms with Gasteiger partial charge in [-0.2, -0.15) is 0 Å². The summed E-state index contributed by atoms with van der Waals surface area (Å²) in [5, 5.41) is 0.312. The number of halogens is 1. The topological polar surface area (TPSA) is 43.4 Å². The second-order valence-corrected chi connectivity index (χ2v) is 4.80. The number of benzene rings is 2. The Bertz CT molecular complexity index is 650. The van der Waals surface area contributed by atoms with Crippen molar-refractivity contribution in [2.45, 2.75) is 6.92 Å². The molecule has 0 radical (unpaired) electrons. The van der Waals surface area contributed by atoms with E-state index in [9.17, 15) is 9.59 Å². The van der Waals surface area contributed by atoms with Gasteiger partial charge in [0.05, 0.1) is 5.02 Å². The normalized spacial score (nSPS) is 10.1. The summed E-state index contributed by atoms with van der Waals surface area (Å²) in [6, 6.07) is 12.0. The van der Waals surface area contributed by atoms with E-state index in [1.165, 1.54) is 6.07 Å². The molecule has 0 spiro atoms. The molecule has 102 valence electrons. The SMILES string of the molecule is Cc1cccc(C(=O)COc2ccc(C=O)cc2Cl)c1. The maximum Gasteiger partial charge on any atom is 0.200 e. The molecule has 4 heteroatoms. The van der Waals surface area contributed by atoms with Crippen molar-refractivity contribution in [2.24, 2.45) is 0 Å². The van der Waals surface area contributed by atoms with E-state index in [4.69, 9.17) is 16.3 Å². The molecule has 0 atom stereocenters. The van der Waals surface area contributed by atoms with Crippen molar-refractivity contribution in [1.82, 2.24) is 0 Å². The molecule has 2 rings (SSSR count). The van der Waals surface area contributed by atoms with E-state index in [1.54, 1.807) is 18.2 Å². The highest BCUT2D eigenvalue weighted by Gasteiger charge is 2.09. The smallest absolute Gasteiger partial charge is 0.200 e. The summed E-state index contributed by atoms with van der Waals surface area (Å²) < 4.78 is 5.39. The molecule has 0 heterocycles. The summed E-state index contributed by atoms with van der Waals surface area (Å²) in [5.74, 6) is 0.266. The first-order chi connectivity index (χ1) is 9.60. The molecule has 0 aliphatic heterocycles. The van der Waals surface area contributed by atoms with Crippen LogP contribution in [0, 0.1) is 6.92 Å². The summed E-state index contributed by atoms with van der Waals surface area (Å²) in [7, 11) is 0. The van der Waals surface area contributed by atoms with E-state index < -0.39 is 0 Å². The Morgan fingerprint density at radius 3 is 2.70 bits per heavy atom. The van der Waals surface area contributed by atoms with Crippen LogP contribution in [0.3, 0.4) is 0 Å². The molecule has 2 aromatic carbocycles. The van der Waals surface area contributed by atoms with Gasteiger partial charge in [-0.1, -0.05) is 35.4 Å². The van der Waals surface area contributed by atoms with Gasteiger partial charge in [-0.15, -0.1) is 0 Å². The minimum atomic E-state index is -0.121. The number of carbonyl (C=O) groups excluding carboxylic acids is 2. The van der Waals surface area contributed by atoms with Crippen molar-refractivity contribution >= 4 is 23.7 Å². The van der Waals surface area contributed by atoms with Gasteiger partial charge in [0, 0.05) is 11.1 Å². The number of ether oxygens (including phenoxy) is 1. The molecule has 0 bridgehead atoms. The number of Topliss-reactive ketones (excluding diaryl/α,β-unsaturated/α-hetero) is 1. The summed E-state index contributed by atoms with van der Waals surface area (Å²) in [6.45, 7) is 1.83. The highest BCUT2D eigenvalue weighted by Crippen LogP contribution is 2.25. The third kappa shape index (κ3) is 3.45. The Labute approximate surface area is 122 Å². The lowest BCUT2D eigenvalue weighted by Gasteiger charge is -2.08. The molecule has 0 saturated heterocycles. The van der Waals surface area contributed by atoms with Crippen LogP contribution in [0.1, 0.15) is 26.3 Å². The van der Waals surface area contributed by atoms with Crippen molar-refractivity contribution in [3.63, 3.8) is 0 Å². The van der Waals surface area contributed by atoms with Crippen molar-refractivity contribution in [3.8, 4) is 5.75 Å². The zero-order valence-electron chi connectivity index (χ0n) is 10.9. The van der Waals surface area contributed by atoms with E-state index in [-0.39, 0.29) is 12.4 Å². The Kier molecular flexibility index (Phi) is 4.53. The zero-order valence-corrected chi connectivity index (χ0v) is 11.7. The van der Waals surface area contributed by atoms with Crippen LogP contribution < -0.4 is 4.74 Å². The van der Waals surface area contributed by atoms with Gasteiger partial charge in [-0.3, -0.25) is 9.59 Å². The van der Waals surface area contributed by atoms with Gasteiger partial charge in [0.2, 0.25) is 0 Å². The first-order valence-corrected chi connectivity index (χ1v) is 6.45. The van der Waals surface area contributed by atoms with Crippen LogP contribution >= 0.6 is 11.6 Å². The Balaban J connectivity index is 2.05. The fourth-order valence-electron chi connectivity index (χ4n) is 1.75. The van der Waals surface area contributed by atoms with Gasteiger partial charge in [0.15, 0.2) is 12.4 Å². The first-order valence-electron chi connectivity index (χ1n) is 6.07. The van der Waals surface area contributed by atoms with Gasteiger partial charge in [-0.25, -0.2) is 0 Å². The van der Waals surface area contributed by atoms with Gasteiger partial charge in [-0.05, 0) is 31.2 Å². The van der Waals surface area contributed by atoms with Gasteiger partial charge < -0.3 is 4.74 Å². The third-order valence-electron chi connectivity index (χ3n) is 2.79. The molecule has 2 aromatic rings. The van der Waals surface area contributed by atoms with Crippen molar-refractivity contribution in [3.05, 3.63) is 64.2 Å². The van der Waals surface area contributed by atoms with Crippen LogP contribution in [0.4, 0.5) is 0 Å². The maximum atomic E-state index is 12.0. The number of hydrogen-bond acceptors (Lipinski definition) is 3. The molecule has 0 unspecified atom stereocenters. The van der Waals surface area contributed by atoms with E-state index in [1.807, 2.05) is 25.1 Å². The lowest BCUT2D eigenvalue weighted by Crippen LogP contribution is -2.11. The standard InChI is InChI=1S/C16H13ClO3/c1-11-3-2-4-13(7-11)15(19)10-20-16-6-5-12(9-18)8-14(16)17/h2-9H,10H2,1H3. The van der Waals surface area contributed by atoms with E-state index in [2.05, 4.69) is 0 Å². The second kappa shape index (κ2) is 6.35. The quantitative estimate of drug-likeness (QED) is 0.622. The summed E-state index contributed by atoms with van der Waals surface area (Å²) in [6.07, 6.45) is 0.702. The Morgan fingerprint density at radius 1 is 1.25 bits per heavy atom. The predicted molar refractivity (Wildman–Crippen MR) is 77.8 cm³/mol. The number of rotatable bonds is 5. The Hall–Kier alpha value is -2.13. The molecule has 0 fully saturated rings. The second-order valence-electron chi connectivity index (χ2n) is 4.39. The first kappa shape index (κ1) is 14.3. The lowest BCUT2D eigenvalue weighted by atomic mass is 10.1. The van der Waals surface area contributed by atoms with E-state index in [0.29, 0.717) is 28.2 Å². The van der Waals surface area contributed by atoms with Gasteiger partial charge >= 0.3 is 0 Å². The van der Waals surface area contributed by atoms with Gasteiger partial charge in [0.25, 0.3) is 0 Å². The van der Waals surface area contributed by atoms with Crippen LogP contribution in [0.2, 0.25) is 5.02 Å². The molecule has 3 nitrogen and oxygen atoms in total. The van der Waals surface area contributed by atoms with Crippen LogP contribution in [-0.4, -0.2) is 18.7 Å². The maximum absolute atomic E-state index is 12.0. The third-order valence-corrected chi connectivity index (χ3v) is 3.09. The van der Waals surface area contributed by atoms with Crippen LogP contribution in [-0.2, 0) is 0 Å². The monoisotopic (exact) mass is 288 g/mol. The lowest BCUT2D eigenvalue weighted by molar-refractivity contribution is 0.0921. The van der Waals surface area contributed by atoms with Gasteiger partial charge in [0.1, 0.15) is 12.0 Å². The Morgan fingerprint density at radius 2 is 2.05 bits per heavy atom. The van der Waals surface area contributed by atoms with Crippen LogP contribution in [0.5, 0.6) is 5.75 Å². The van der Waals surface area contributed by atoms with Crippen LogP contribution in [0.15, 0.2) is 42.5 Å². The molecule has 0 aliphatic rings. The van der Waals surface area contributed by atoms with Crippen molar-refractivity contribution < 1.29 is 14.3 Å². The highest BCUT2D eigenvalue weighted by molar-refractivity contribution is 6.32. The fraction of sp³-hybridized carbons (Fsp3) is 0.125. The average molecular weight is 289 g/mol. The van der Waals surface area contributed by atoms with Crippen molar-refractivity contribution in [2.75, 3.05) is 6.61 Å². The average Bonchev–Trinajstić information content (AvgIpc) is 2.45. The number of ketones is 1. The number of hydrogen-bond donors (Lipinski definition) is 0. The molecule has 0 saturated carbocycles. The minimum absolute atomic E-state index is 0.0936. The fourth-order valence-corrected chi connectivity index (χ4v) is 2.00. The van der Waals surface area contributed by atoms with Crippen LogP contribution in [0.25, 0.3) is 0 Å². The number of carbonyl (C=O) groups is 2. The molecular formula is C16H13ClO3. The molecule has 0 amide bonds. The summed E-state index contributed by atoms with van der Waals surface area (Å²) in [4.78, 5) is 22.6. The van der Waals surface area contributed by atoms with E-state index >= 15 is 0 Å².